The van der Waals surface area contributed by atoms with Gasteiger partial charge in [0.05, 0.1) is 0 Å². The standard InChI is InChI=1S/C17H28N2/c1-3-18-13-14-19(2)17-11-9-16(10-12-17)15-7-5-4-6-8-15/h9-12,15,18H,3-8,13-14H2,1-2H3. The van der Waals surface area contributed by atoms with Gasteiger partial charge in [0.25, 0.3) is 0 Å². The van der Waals surface area contributed by atoms with Gasteiger partial charge >= 0.3 is 0 Å². The normalized spacial score (nSPS) is 16.5. The van der Waals surface area contributed by atoms with Gasteiger partial charge < -0.3 is 10.2 Å². The van der Waals surface area contributed by atoms with E-state index in [2.05, 4.69) is 48.5 Å². The van der Waals surface area contributed by atoms with Crippen LogP contribution in [0.15, 0.2) is 24.3 Å². The molecule has 0 bridgehead atoms. The average Bonchev–Trinajstić information content (AvgIpc) is 2.48. The second-order valence-corrected chi connectivity index (χ2v) is 5.70. The Labute approximate surface area is 118 Å². The van der Waals surface area contributed by atoms with Gasteiger partial charge in [0.15, 0.2) is 0 Å². The molecule has 1 aromatic carbocycles. The third kappa shape index (κ3) is 4.24. The van der Waals surface area contributed by atoms with Gasteiger partial charge in [0.1, 0.15) is 0 Å². The number of likely N-dealkylation sites (N-methyl/N-ethyl adjacent to an activating group) is 2. The molecule has 1 N–H and O–H groups in total. The van der Waals surface area contributed by atoms with Crippen molar-refractivity contribution in [3.8, 4) is 0 Å². The van der Waals surface area contributed by atoms with Crippen molar-refractivity contribution in [2.75, 3.05) is 31.6 Å². The molecule has 0 atom stereocenters. The average molecular weight is 260 g/mol. The number of anilines is 1. The smallest absolute Gasteiger partial charge is 0.0364 e. The van der Waals surface area contributed by atoms with Crippen molar-refractivity contribution < 1.29 is 0 Å². The molecule has 0 amide bonds. The third-order valence-corrected chi connectivity index (χ3v) is 4.28. The van der Waals surface area contributed by atoms with Crippen LogP contribution in [0.1, 0.15) is 50.5 Å². The Balaban J connectivity index is 1.89. The molecule has 0 radical (unpaired) electrons. The Kier molecular flexibility index (Phi) is 5.71. The summed E-state index contributed by atoms with van der Waals surface area (Å²) in [6.07, 6.45) is 7.02. The van der Waals surface area contributed by atoms with Crippen LogP contribution >= 0.6 is 0 Å². The fraction of sp³-hybridized carbons (Fsp3) is 0.647. The Bertz CT molecular complexity index is 352. The first-order valence-corrected chi connectivity index (χ1v) is 7.83. The van der Waals surface area contributed by atoms with Crippen LogP contribution in [0.3, 0.4) is 0 Å². The lowest BCUT2D eigenvalue weighted by Gasteiger charge is -2.24. The van der Waals surface area contributed by atoms with Crippen LogP contribution in [0.4, 0.5) is 5.69 Å². The van der Waals surface area contributed by atoms with Gasteiger partial charge in [-0.05, 0) is 43.0 Å². The zero-order valence-electron chi connectivity index (χ0n) is 12.5. The van der Waals surface area contributed by atoms with Gasteiger partial charge in [-0.1, -0.05) is 38.3 Å². The topological polar surface area (TPSA) is 15.3 Å². The number of rotatable bonds is 6. The van der Waals surface area contributed by atoms with Crippen LogP contribution in [0.5, 0.6) is 0 Å². The number of benzene rings is 1. The van der Waals surface area contributed by atoms with Gasteiger partial charge in [-0.15, -0.1) is 0 Å². The minimum absolute atomic E-state index is 0.815. The molecule has 1 aromatic rings. The number of hydrogen-bond acceptors (Lipinski definition) is 2. The van der Waals surface area contributed by atoms with E-state index in [-0.39, 0.29) is 0 Å². The highest BCUT2D eigenvalue weighted by Crippen LogP contribution is 2.33. The van der Waals surface area contributed by atoms with Gasteiger partial charge in [0, 0.05) is 25.8 Å². The molecule has 2 nitrogen and oxygen atoms in total. The monoisotopic (exact) mass is 260 g/mol. The molecule has 19 heavy (non-hydrogen) atoms. The van der Waals surface area contributed by atoms with Gasteiger partial charge in [0.2, 0.25) is 0 Å². The molecule has 0 aromatic heterocycles. The molecule has 2 heteroatoms. The van der Waals surface area contributed by atoms with E-state index in [9.17, 15) is 0 Å². The van der Waals surface area contributed by atoms with Gasteiger partial charge in [-0.2, -0.15) is 0 Å². The number of hydrogen-bond donors (Lipinski definition) is 1. The highest BCUT2D eigenvalue weighted by atomic mass is 15.1. The molecule has 2 rings (SSSR count). The zero-order chi connectivity index (χ0) is 13.5. The summed E-state index contributed by atoms with van der Waals surface area (Å²) < 4.78 is 0. The van der Waals surface area contributed by atoms with Crippen molar-refractivity contribution in [1.29, 1.82) is 0 Å². The van der Waals surface area contributed by atoms with E-state index in [0.29, 0.717) is 0 Å². The molecular weight excluding hydrogens is 232 g/mol. The van der Waals surface area contributed by atoms with E-state index in [1.165, 1.54) is 37.8 Å². The molecule has 0 heterocycles. The first kappa shape index (κ1) is 14.4. The highest BCUT2D eigenvalue weighted by Gasteiger charge is 2.15. The SMILES string of the molecule is CCNCCN(C)c1ccc(C2CCCCC2)cc1. The van der Waals surface area contributed by atoms with Crippen molar-refractivity contribution in [3.63, 3.8) is 0 Å². The summed E-state index contributed by atoms with van der Waals surface area (Å²) >= 11 is 0. The molecule has 0 spiro atoms. The summed E-state index contributed by atoms with van der Waals surface area (Å²) in [5, 5.41) is 3.37. The van der Waals surface area contributed by atoms with Gasteiger partial charge in [-0.25, -0.2) is 0 Å². The van der Waals surface area contributed by atoms with E-state index in [1.807, 2.05) is 0 Å². The van der Waals surface area contributed by atoms with Crippen LogP contribution in [0, 0.1) is 0 Å². The Morgan fingerprint density at radius 3 is 2.42 bits per heavy atom. The summed E-state index contributed by atoms with van der Waals surface area (Å²) in [5.41, 5.74) is 2.88. The van der Waals surface area contributed by atoms with E-state index in [4.69, 9.17) is 0 Å². The minimum Gasteiger partial charge on any atom is -0.373 e. The molecule has 1 aliphatic rings. The number of nitrogens with one attached hydrogen (secondary N) is 1. The maximum absolute atomic E-state index is 3.37. The molecule has 0 saturated heterocycles. The maximum atomic E-state index is 3.37. The summed E-state index contributed by atoms with van der Waals surface area (Å²) in [4.78, 5) is 2.33. The molecule has 0 aliphatic heterocycles. The summed E-state index contributed by atoms with van der Waals surface area (Å²) in [7, 11) is 2.17. The first-order valence-electron chi connectivity index (χ1n) is 7.83. The highest BCUT2D eigenvalue weighted by molar-refractivity contribution is 5.47. The van der Waals surface area contributed by atoms with E-state index < -0.39 is 0 Å². The lowest BCUT2D eigenvalue weighted by atomic mass is 9.84. The molecular formula is C17H28N2. The Morgan fingerprint density at radius 1 is 1.11 bits per heavy atom. The summed E-state index contributed by atoms with van der Waals surface area (Å²) in [6.45, 7) is 5.32. The summed E-state index contributed by atoms with van der Waals surface area (Å²) in [5.74, 6) is 0.815. The zero-order valence-corrected chi connectivity index (χ0v) is 12.5. The maximum Gasteiger partial charge on any atom is 0.0364 e. The minimum atomic E-state index is 0.815. The fourth-order valence-corrected chi connectivity index (χ4v) is 2.99. The second-order valence-electron chi connectivity index (χ2n) is 5.70. The van der Waals surface area contributed by atoms with Crippen LogP contribution < -0.4 is 10.2 Å². The van der Waals surface area contributed by atoms with Crippen molar-refractivity contribution in [1.82, 2.24) is 5.32 Å². The lowest BCUT2D eigenvalue weighted by Crippen LogP contribution is -2.28. The molecule has 1 saturated carbocycles. The Morgan fingerprint density at radius 2 is 1.79 bits per heavy atom. The van der Waals surface area contributed by atoms with E-state index in [0.717, 1.165) is 25.6 Å². The number of nitrogens with zero attached hydrogens (tertiary/aromatic N) is 1. The second kappa shape index (κ2) is 7.54. The van der Waals surface area contributed by atoms with Crippen LogP contribution in [0.2, 0.25) is 0 Å². The first-order chi connectivity index (χ1) is 9.31. The fourth-order valence-electron chi connectivity index (χ4n) is 2.99. The molecule has 0 unspecified atom stereocenters. The quantitative estimate of drug-likeness (QED) is 0.783. The van der Waals surface area contributed by atoms with E-state index >= 15 is 0 Å². The Hall–Kier alpha value is -1.02. The predicted octanol–water partition coefficient (Wildman–Crippen LogP) is 3.78. The molecule has 1 fully saturated rings. The van der Waals surface area contributed by atoms with Crippen molar-refractivity contribution in [3.05, 3.63) is 29.8 Å². The summed E-state index contributed by atoms with van der Waals surface area (Å²) in [6, 6.07) is 9.26. The lowest BCUT2D eigenvalue weighted by molar-refractivity contribution is 0.443. The van der Waals surface area contributed by atoms with Crippen LogP contribution in [0.25, 0.3) is 0 Å². The van der Waals surface area contributed by atoms with Gasteiger partial charge in [-0.3, -0.25) is 0 Å². The third-order valence-electron chi connectivity index (χ3n) is 4.28. The van der Waals surface area contributed by atoms with Crippen LogP contribution in [-0.2, 0) is 0 Å². The molecule has 106 valence electrons. The van der Waals surface area contributed by atoms with Crippen molar-refractivity contribution in [2.45, 2.75) is 44.9 Å². The largest absolute Gasteiger partial charge is 0.373 e. The van der Waals surface area contributed by atoms with Crippen LogP contribution in [-0.4, -0.2) is 26.7 Å². The van der Waals surface area contributed by atoms with Crippen molar-refractivity contribution in [2.24, 2.45) is 0 Å². The molecule has 1 aliphatic carbocycles. The predicted molar refractivity (Wildman–Crippen MR) is 84.1 cm³/mol. The van der Waals surface area contributed by atoms with Crippen molar-refractivity contribution >= 4 is 5.69 Å². The van der Waals surface area contributed by atoms with E-state index in [1.54, 1.807) is 5.56 Å².